The van der Waals surface area contributed by atoms with Crippen molar-refractivity contribution in [3.8, 4) is 0 Å². The Labute approximate surface area is 112 Å². The first-order chi connectivity index (χ1) is 8.55. The van der Waals surface area contributed by atoms with Gasteiger partial charge in [0.1, 0.15) is 5.82 Å². The molecule has 2 nitrogen and oxygen atoms in total. The first kappa shape index (κ1) is 13.8. The maximum absolute atomic E-state index is 13.2. The lowest BCUT2D eigenvalue weighted by Crippen LogP contribution is -2.47. The monoisotopic (exact) mass is 271 g/mol. The van der Waals surface area contributed by atoms with Gasteiger partial charge in [0.25, 0.3) is 0 Å². The smallest absolute Gasteiger partial charge is 0.141 e. The van der Waals surface area contributed by atoms with Crippen LogP contribution in [0.2, 0.25) is 5.02 Å². The van der Waals surface area contributed by atoms with E-state index in [4.69, 9.17) is 11.6 Å². The summed E-state index contributed by atoms with van der Waals surface area (Å²) >= 11 is 5.81. The van der Waals surface area contributed by atoms with E-state index in [1.807, 2.05) is 6.92 Å². The average Bonchev–Trinajstić information content (AvgIpc) is 2.85. The van der Waals surface area contributed by atoms with Crippen molar-refractivity contribution in [2.45, 2.75) is 44.2 Å². The molecule has 1 unspecified atom stereocenters. The summed E-state index contributed by atoms with van der Waals surface area (Å²) in [5, 5.41) is 13.2. The molecule has 0 amide bonds. The van der Waals surface area contributed by atoms with E-state index in [0.29, 0.717) is 6.04 Å². The third-order valence-electron chi connectivity index (χ3n) is 3.75. The molecule has 0 bridgehead atoms. The van der Waals surface area contributed by atoms with E-state index >= 15 is 0 Å². The second-order valence-electron chi connectivity index (χ2n) is 5.24. The lowest BCUT2D eigenvalue weighted by Gasteiger charge is -2.33. The van der Waals surface area contributed by atoms with Gasteiger partial charge < -0.3 is 10.4 Å². The minimum absolute atomic E-state index is 0.0362. The van der Waals surface area contributed by atoms with Gasteiger partial charge in [-0.15, -0.1) is 0 Å². The molecule has 0 aromatic heterocycles. The molecule has 1 atom stereocenters. The number of aliphatic hydroxyl groups is 1. The average molecular weight is 272 g/mol. The van der Waals surface area contributed by atoms with Crippen molar-refractivity contribution < 1.29 is 9.50 Å². The number of aliphatic hydroxyl groups excluding tert-OH is 1. The highest BCUT2D eigenvalue weighted by Crippen LogP contribution is 2.28. The van der Waals surface area contributed by atoms with Crippen LogP contribution < -0.4 is 5.32 Å². The van der Waals surface area contributed by atoms with Crippen LogP contribution in [0.15, 0.2) is 18.2 Å². The number of hydrogen-bond acceptors (Lipinski definition) is 2. The Balaban J connectivity index is 2.21. The van der Waals surface area contributed by atoms with E-state index in [9.17, 15) is 9.50 Å². The molecule has 1 aliphatic rings. The summed E-state index contributed by atoms with van der Waals surface area (Å²) in [5.74, 6) is -0.429. The maximum atomic E-state index is 13.2. The van der Waals surface area contributed by atoms with Gasteiger partial charge in [-0.2, -0.15) is 0 Å². The van der Waals surface area contributed by atoms with Crippen molar-refractivity contribution in [3.63, 3.8) is 0 Å². The minimum Gasteiger partial charge on any atom is -0.394 e. The molecule has 1 saturated carbocycles. The number of benzene rings is 1. The van der Waals surface area contributed by atoms with Gasteiger partial charge in [-0.1, -0.05) is 30.5 Å². The highest BCUT2D eigenvalue weighted by atomic mass is 35.5. The molecule has 1 aliphatic carbocycles. The van der Waals surface area contributed by atoms with Crippen LogP contribution in [-0.4, -0.2) is 17.8 Å². The maximum Gasteiger partial charge on any atom is 0.141 e. The fourth-order valence-corrected chi connectivity index (χ4v) is 2.76. The Morgan fingerprint density at radius 3 is 2.67 bits per heavy atom. The van der Waals surface area contributed by atoms with Crippen molar-refractivity contribution in [3.05, 3.63) is 34.6 Å². The Hall–Kier alpha value is -0.640. The summed E-state index contributed by atoms with van der Waals surface area (Å²) in [7, 11) is 0. The van der Waals surface area contributed by atoms with Crippen molar-refractivity contribution in [1.29, 1.82) is 0 Å². The van der Waals surface area contributed by atoms with Crippen LogP contribution in [0.5, 0.6) is 0 Å². The molecule has 2 N–H and O–H groups in total. The molecule has 4 heteroatoms. The van der Waals surface area contributed by atoms with Gasteiger partial charge in [0.2, 0.25) is 0 Å². The van der Waals surface area contributed by atoms with E-state index < -0.39 is 11.4 Å². The summed E-state index contributed by atoms with van der Waals surface area (Å²) in [6.45, 7) is 1.89. The van der Waals surface area contributed by atoms with E-state index in [0.717, 1.165) is 18.4 Å². The van der Waals surface area contributed by atoms with Crippen LogP contribution in [0.25, 0.3) is 0 Å². The zero-order chi connectivity index (χ0) is 13.2. The highest BCUT2D eigenvalue weighted by Gasteiger charge is 2.30. The predicted octanol–water partition coefficient (Wildman–Crippen LogP) is 3.22. The van der Waals surface area contributed by atoms with Gasteiger partial charge >= 0.3 is 0 Å². The SMILES string of the molecule is CC(CO)(NC1CCCC1)c1ccc(F)c(Cl)c1. The Kier molecular flexibility index (Phi) is 4.25. The Morgan fingerprint density at radius 1 is 1.44 bits per heavy atom. The lowest BCUT2D eigenvalue weighted by atomic mass is 9.91. The summed E-state index contributed by atoms with van der Waals surface area (Å²) in [6.07, 6.45) is 4.71. The van der Waals surface area contributed by atoms with E-state index in [-0.39, 0.29) is 11.6 Å². The molecule has 1 fully saturated rings. The summed E-state index contributed by atoms with van der Waals surface area (Å²) in [6, 6.07) is 5.04. The van der Waals surface area contributed by atoms with Crippen LogP contribution >= 0.6 is 11.6 Å². The van der Waals surface area contributed by atoms with Crippen molar-refractivity contribution in [1.82, 2.24) is 5.32 Å². The number of hydrogen-bond donors (Lipinski definition) is 2. The zero-order valence-corrected chi connectivity index (χ0v) is 11.3. The fourth-order valence-electron chi connectivity index (χ4n) is 2.58. The molecule has 2 rings (SSSR count). The second-order valence-corrected chi connectivity index (χ2v) is 5.65. The van der Waals surface area contributed by atoms with Crippen LogP contribution in [0, 0.1) is 5.82 Å². The summed E-state index contributed by atoms with van der Waals surface area (Å²) in [5.41, 5.74) is 0.259. The van der Waals surface area contributed by atoms with E-state index in [1.54, 1.807) is 12.1 Å². The van der Waals surface area contributed by atoms with Crippen LogP contribution in [0.4, 0.5) is 4.39 Å². The molecule has 0 radical (unpaired) electrons. The molecule has 0 heterocycles. The number of rotatable bonds is 4. The second kappa shape index (κ2) is 5.55. The minimum atomic E-state index is -0.563. The van der Waals surface area contributed by atoms with Gasteiger partial charge in [0, 0.05) is 6.04 Å². The molecule has 0 saturated heterocycles. The van der Waals surface area contributed by atoms with Crippen molar-refractivity contribution >= 4 is 11.6 Å². The van der Waals surface area contributed by atoms with Gasteiger partial charge in [-0.05, 0) is 37.5 Å². The largest absolute Gasteiger partial charge is 0.394 e. The third-order valence-corrected chi connectivity index (χ3v) is 4.04. The molecule has 18 heavy (non-hydrogen) atoms. The first-order valence-electron chi connectivity index (χ1n) is 6.39. The first-order valence-corrected chi connectivity index (χ1v) is 6.77. The fraction of sp³-hybridized carbons (Fsp3) is 0.571. The van der Waals surface area contributed by atoms with E-state index in [2.05, 4.69) is 5.32 Å². The van der Waals surface area contributed by atoms with Gasteiger partial charge in [0.15, 0.2) is 0 Å². The lowest BCUT2D eigenvalue weighted by molar-refractivity contribution is 0.161. The standard InChI is InChI=1S/C14H19ClFNO/c1-14(9-18,17-11-4-2-3-5-11)10-6-7-13(16)12(15)8-10/h6-8,11,17-18H,2-5,9H2,1H3. The topological polar surface area (TPSA) is 32.3 Å². The normalized spacial score (nSPS) is 20.0. The quantitative estimate of drug-likeness (QED) is 0.881. The van der Waals surface area contributed by atoms with E-state index in [1.165, 1.54) is 18.9 Å². The van der Waals surface area contributed by atoms with Gasteiger partial charge in [-0.3, -0.25) is 0 Å². The molecule has 0 aliphatic heterocycles. The number of halogens is 2. The molecular formula is C14H19ClFNO. The summed E-state index contributed by atoms with van der Waals surface area (Å²) < 4.78 is 13.2. The van der Waals surface area contributed by atoms with Crippen molar-refractivity contribution in [2.75, 3.05) is 6.61 Å². The van der Waals surface area contributed by atoms with Gasteiger partial charge in [0.05, 0.1) is 17.2 Å². The highest BCUT2D eigenvalue weighted by molar-refractivity contribution is 6.30. The number of nitrogens with one attached hydrogen (secondary N) is 1. The molecule has 100 valence electrons. The van der Waals surface area contributed by atoms with Crippen LogP contribution in [0.3, 0.4) is 0 Å². The zero-order valence-electron chi connectivity index (χ0n) is 10.5. The van der Waals surface area contributed by atoms with Crippen molar-refractivity contribution in [2.24, 2.45) is 0 Å². The third kappa shape index (κ3) is 2.85. The molecule has 1 aromatic rings. The van der Waals surface area contributed by atoms with Crippen LogP contribution in [-0.2, 0) is 5.54 Å². The molecular weight excluding hydrogens is 253 g/mol. The molecule has 0 spiro atoms. The van der Waals surface area contributed by atoms with Gasteiger partial charge in [-0.25, -0.2) is 4.39 Å². The summed E-state index contributed by atoms with van der Waals surface area (Å²) in [4.78, 5) is 0. The predicted molar refractivity (Wildman–Crippen MR) is 71.2 cm³/mol. The van der Waals surface area contributed by atoms with Crippen LogP contribution in [0.1, 0.15) is 38.2 Å². The Morgan fingerprint density at radius 2 is 2.11 bits per heavy atom. The Bertz CT molecular complexity index is 420. The molecule has 1 aromatic carbocycles.